The Labute approximate surface area is 184 Å². The maximum atomic E-state index is 13.5. The van der Waals surface area contributed by atoms with Crippen molar-refractivity contribution in [1.29, 1.82) is 0 Å². The van der Waals surface area contributed by atoms with Gasteiger partial charge in [-0.15, -0.1) is 5.10 Å². The van der Waals surface area contributed by atoms with Crippen molar-refractivity contribution in [2.75, 3.05) is 31.1 Å². The van der Waals surface area contributed by atoms with Gasteiger partial charge in [0, 0.05) is 16.9 Å². The lowest BCUT2D eigenvalue weighted by molar-refractivity contribution is -0.113. The molecule has 1 aromatic heterocycles. The van der Waals surface area contributed by atoms with Crippen LogP contribution in [-0.4, -0.2) is 41.1 Å². The fraction of sp³-hybridized carbons (Fsp3) is 0.227. The monoisotopic (exact) mass is 437 g/mol. The zero-order valence-electron chi connectivity index (χ0n) is 17.7. The normalized spacial score (nSPS) is 15.2. The van der Waals surface area contributed by atoms with Crippen LogP contribution in [0.15, 0.2) is 65.0 Å². The van der Waals surface area contributed by atoms with Crippen molar-refractivity contribution < 1.29 is 14.3 Å². The van der Waals surface area contributed by atoms with Gasteiger partial charge < -0.3 is 20.1 Å². The van der Waals surface area contributed by atoms with Crippen molar-refractivity contribution in [3.8, 4) is 11.5 Å². The fourth-order valence-electron chi connectivity index (χ4n) is 3.65. The number of benzene rings is 2. The van der Waals surface area contributed by atoms with Crippen LogP contribution in [0, 0.1) is 0 Å². The Kier molecular flexibility index (Phi) is 5.85. The summed E-state index contributed by atoms with van der Waals surface area (Å²) in [7, 11) is 3.17. The molecule has 0 fully saturated rings. The molecule has 0 spiro atoms. The zero-order valence-corrected chi connectivity index (χ0v) is 18.5. The van der Waals surface area contributed by atoms with Crippen molar-refractivity contribution in [3.63, 3.8) is 0 Å². The minimum absolute atomic E-state index is 0.238. The fourth-order valence-corrected chi connectivity index (χ4v) is 3.99. The third-order valence-electron chi connectivity index (χ3n) is 5.02. The van der Waals surface area contributed by atoms with Gasteiger partial charge in [-0.2, -0.15) is 4.98 Å². The number of fused-ring (bicyclic) bond motifs is 1. The molecule has 160 valence electrons. The number of hydrogen-bond acceptors (Lipinski definition) is 7. The molecule has 8 nitrogen and oxygen atoms in total. The minimum Gasteiger partial charge on any atom is -0.493 e. The van der Waals surface area contributed by atoms with E-state index in [2.05, 4.69) is 20.7 Å². The first kappa shape index (κ1) is 20.8. The van der Waals surface area contributed by atoms with Crippen LogP contribution >= 0.6 is 11.8 Å². The highest BCUT2D eigenvalue weighted by Crippen LogP contribution is 2.43. The molecule has 2 N–H and O–H groups in total. The summed E-state index contributed by atoms with van der Waals surface area (Å²) in [6.07, 6.45) is 1.91. The molecule has 1 aliphatic heterocycles. The standard InChI is InChI=1S/C22H23N5O3S/c1-13-17(20(28)24-14-9-6-5-7-10-14)18(27-21(23-13)25-22(26-27)31-4)15-11-8-12-16(29-2)19(15)30-3/h5-12,18H,1-4H3,(H,24,28)(H,23,25,26)/t18-/m0/s1. The molecule has 9 heteroatoms. The third-order valence-corrected chi connectivity index (χ3v) is 5.56. The lowest BCUT2D eigenvalue weighted by Crippen LogP contribution is -2.31. The largest absolute Gasteiger partial charge is 0.493 e. The van der Waals surface area contributed by atoms with Crippen molar-refractivity contribution >= 4 is 29.3 Å². The van der Waals surface area contributed by atoms with Crippen molar-refractivity contribution in [1.82, 2.24) is 14.8 Å². The smallest absolute Gasteiger partial charge is 0.255 e. The molecule has 4 rings (SSSR count). The predicted octanol–water partition coefficient (Wildman–Crippen LogP) is 3.94. The number of hydrogen-bond donors (Lipinski definition) is 2. The molecule has 1 aliphatic rings. The molecule has 0 aliphatic carbocycles. The number of amides is 1. The van der Waals surface area contributed by atoms with Crippen LogP contribution in [0.4, 0.5) is 11.6 Å². The Morgan fingerprint density at radius 2 is 1.90 bits per heavy atom. The van der Waals surface area contributed by atoms with Gasteiger partial charge in [-0.1, -0.05) is 42.1 Å². The minimum atomic E-state index is -0.557. The van der Waals surface area contributed by atoms with E-state index in [1.165, 1.54) is 11.8 Å². The summed E-state index contributed by atoms with van der Waals surface area (Å²) >= 11 is 1.43. The molecule has 1 amide bonds. The van der Waals surface area contributed by atoms with Gasteiger partial charge in [-0.3, -0.25) is 4.79 Å². The number of para-hydroxylation sites is 2. The van der Waals surface area contributed by atoms with E-state index in [9.17, 15) is 4.79 Å². The molecule has 1 atom stereocenters. The van der Waals surface area contributed by atoms with Crippen LogP contribution in [-0.2, 0) is 4.79 Å². The van der Waals surface area contributed by atoms with E-state index in [4.69, 9.17) is 9.47 Å². The van der Waals surface area contributed by atoms with Gasteiger partial charge in [0.15, 0.2) is 11.5 Å². The van der Waals surface area contributed by atoms with Crippen molar-refractivity contribution in [2.45, 2.75) is 18.1 Å². The average Bonchev–Trinajstić information content (AvgIpc) is 3.20. The maximum absolute atomic E-state index is 13.5. The molecule has 0 radical (unpaired) electrons. The highest BCUT2D eigenvalue weighted by Gasteiger charge is 2.36. The Balaban J connectivity index is 1.87. The first-order valence-electron chi connectivity index (χ1n) is 9.63. The summed E-state index contributed by atoms with van der Waals surface area (Å²) in [6.45, 7) is 1.86. The van der Waals surface area contributed by atoms with Crippen molar-refractivity contribution in [2.24, 2.45) is 0 Å². The Bertz CT molecular complexity index is 1140. The molecule has 3 aromatic rings. The van der Waals surface area contributed by atoms with Gasteiger partial charge in [-0.25, -0.2) is 4.68 Å². The summed E-state index contributed by atoms with van der Waals surface area (Å²) in [5.41, 5.74) is 2.66. The van der Waals surface area contributed by atoms with E-state index < -0.39 is 6.04 Å². The molecule has 0 bridgehead atoms. The van der Waals surface area contributed by atoms with Crippen molar-refractivity contribution in [3.05, 3.63) is 65.4 Å². The van der Waals surface area contributed by atoms with Crippen LogP contribution in [0.2, 0.25) is 0 Å². The van der Waals surface area contributed by atoms with Gasteiger partial charge >= 0.3 is 0 Å². The Morgan fingerprint density at radius 1 is 1.13 bits per heavy atom. The summed E-state index contributed by atoms with van der Waals surface area (Å²) < 4.78 is 12.9. The molecule has 2 aromatic carbocycles. The number of methoxy groups -OCH3 is 2. The van der Waals surface area contributed by atoms with Gasteiger partial charge in [0.05, 0.1) is 19.8 Å². The van der Waals surface area contributed by atoms with E-state index in [0.29, 0.717) is 39.6 Å². The van der Waals surface area contributed by atoms with Crippen LogP contribution in [0.25, 0.3) is 0 Å². The van der Waals surface area contributed by atoms with Crippen LogP contribution in [0.3, 0.4) is 0 Å². The summed E-state index contributed by atoms with van der Waals surface area (Å²) in [5.74, 6) is 1.44. The molecule has 0 unspecified atom stereocenters. The second-order valence-electron chi connectivity index (χ2n) is 6.84. The van der Waals surface area contributed by atoms with Crippen LogP contribution in [0.1, 0.15) is 18.5 Å². The number of ether oxygens (including phenoxy) is 2. The van der Waals surface area contributed by atoms with Crippen LogP contribution < -0.4 is 20.1 Å². The quantitative estimate of drug-likeness (QED) is 0.565. The molecule has 2 heterocycles. The molecule has 31 heavy (non-hydrogen) atoms. The summed E-state index contributed by atoms with van der Waals surface area (Å²) in [6, 6.07) is 14.4. The number of nitrogens with zero attached hydrogens (tertiary/aromatic N) is 3. The zero-order chi connectivity index (χ0) is 22.0. The second kappa shape index (κ2) is 8.73. The van der Waals surface area contributed by atoms with E-state index in [1.54, 1.807) is 18.9 Å². The number of thioether (sulfide) groups is 1. The highest BCUT2D eigenvalue weighted by atomic mass is 32.2. The van der Waals surface area contributed by atoms with Gasteiger partial charge in [-0.05, 0) is 31.4 Å². The van der Waals surface area contributed by atoms with Gasteiger partial charge in [0.2, 0.25) is 11.1 Å². The number of allylic oxidation sites excluding steroid dienone is 1. The highest BCUT2D eigenvalue weighted by molar-refractivity contribution is 7.98. The SMILES string of the molecule is COc1cccc([C@H]2C(C(=O)Nc3ccccc3)=C(C)Nc3nc(SC)nn32)c1OC. The van der Waals surface area contributed by atoms with Crippen LogP contribution in [0.5, 0.6) is 11.5 Å². The van der Waals surface area contributed by atoms with E-state index in [0.717, 1.165) is 5.56 Å². The molecular weight excluding hydrogens is 414 g/mol. The predicted molar refractivity (Wildman–Crippen MR) is 121 cm³/mol. The number of carbonyl (C=O) groups excluding carboxylic acids is 1. The second-order valence-corrected chi connectivity index (χ2v) is 7.61. The third kappa shape index (κ3) is 3.84. The Morgan fingerprint density at radius 3 is 2.58 bits per heavy atom. The summed E-state index contributed by atoms with van der Waals surface area (Å²) in [5, 5.41) is 11.4. The number of anilines is 2. The first-order valence-corrected chi connectivity index (χ1v) is 10.9. The number of aromatic nitrogens is 3. The van der Waals surface area contributed by atoms with E-state index >= 15 is 0 Å². The molecule has 0 saturated heterocycles. The number of carbonyl (C=O) groups is 1. The summed E-state index contributed by atoms with van der Waals surface area (Å²) in [4.78, 5) is 18.0. The number of rotatable bonds is 6. The first-order chi connectivity index (χ1) is 15.1. The van der Waals surface area contributed by atoms with Gasteiger partial charge in [0.1, 0.15) is 6.04 Å². The number of nitrogens with one attached hydrogen (secondary N) is 2. The maximum Gasteiger partial charge on any atom is 0.255 e. The Hall–Kier alpha value is -3.46. The topological polar surface area (TPSA) is 90.3 Å². The average molecular weight is 438 g/mol. The van der Waals surface area contributed by atoms with Gasteiger partial charge in [0.25, 0.3) is 5.91 Å². The van der Waals surface area contributed by atoms with E-state index in [1.807, 2.05) is 61.7 Å². The van der Waals surface area contributed by atoms with E-state index in [-0.39, 0.29) is 5.91 Å². The lowest BCUT2D eigenvalue weighted by atomic mass is 9.94. The molecular formula is C22H23N5O3S. The lowest BCUT2D eigenvalue weighted by Gasteiger charge is -2.29. The molecule has 0 saturated carbocycles.